The summed E-state index contributed by atoms with van der Waals surface area (Å²) >= 11 is 0. The number of carbonyl (C=O) groups is 2. The van der Waals surface area contributed by atoms with E-state index in [4.69, 9.17) is 5.73 Å². The first-order chi connectivity index (χ1) is 9.87. The molecule has 1 heterocycles. The zero-order chi connectivity index (χ0) is 15.5. The van der Waals surface area contributed by atoms with Crippen molar-refractivity contribution in [3.63, 3.8) is 0 Å². The average Bonchev–Trinajstić information content (AvgIpc) is 2.41. The monoisotopic (exact) mass is 310 g/mol. The van der Waals surface area contributed by atoms with Gasteiger partial charge in [-0.1, -0.05) is 12.1 Å². The molecule has 114 valence electrons. The third kappa shape index (κ3) is 4.29. The summed E-state index contributed by atoms with van der Waals surface area (Å²) in [5.41, 5.74) is 5.90. The van der Waals surface area contributed by atoms with Crippen molar-refractivity contribution in [1.29, 1.82) is 0 Å². The minimum absolute atomic E-state index is 0.0641. The molecule has 0 atom stereocenters. The third-order valence-electron chi connectivity index (χ3n) is 3.61. The zero-order valence-electron chi connectivity index (χ0n) is 11.5. The molecule has 0 saturated carbocycles. The van der Waals surface area contributed by atoms with Crippen LogP contribution in [0.1, 0.15) is 29.6 Å². The van der Waals surface area contributed by atoms with Gasteiger partial charge in [0.2, 0.25) is 5.91 Å². The predicted molar refractivity (Wildman–Crippen MR) is 79.6 cm³/mol. The molecular formula is C14H18N2O4S. The van der Waals surface area contributed by atoms with Gasteiger partial charge in [0.05, 0.1) is 22.8 Å². The van der Waals surface area contributed by atoms with Crippen LogP contribution in [0.5, 0.6) is 0 Å². The number of benzene rings is 1. The highest BCUT2D eigenvalue weighted by atomic mass is 32.2. The van der Waals surface area contributed by atoms with Crippen molar-refractivity contribution in [3.8, 4) is 0 Å². The molecular weight excluding hydrogens is 292 g/mol. The summed E-state index contributed by atoms with van der Waals surface area (Å²) in [6.07, 6.45) is 1.27. The Morgan fingerprint density at radius 1 is 1.19 bits per heavy atom. The van der Waals surface area contributed by atoms with Crippen LogP contribution in [0, 0.1) is 5.92 Å². The lowest BCUT2D eigenvalue weighted by Crippen LogP contribution is -2.27. The number of hydrogen-bond donors (Lipinski definition) is 2. The molecule has 0 aromatic heterocycles. The van der Waals surface area contributed by atoms with Gasteiger partial charge in [0.15, 0.2) is 0 Å². The smallest absolute Gasteiger partial charge is 0.250 e. The first-order valence-electron chi connectivity index (χ1n) is 6.76. The van der Waals surface area contributed by atoms with Crippen molar-refractivity contribution < 1.29 is 18.0 Å². The molecule has 1 aliphatic rings. The molecule has 0 radical (unpaired) electrons. The lowest BCUT2D eigenvalue weighted by Gasteiger charge is -2.21. The van der Waals surface area contributed by atoms with Gasteiger partial charge in [-0.25, -0.2) is 8.42 Å². The van der Waals surface area contributed by atoms with Gasteiger partial charge < -0.3 is 11.1 Å². The normalized spacial score (nSPS) is 18.1. The van der Waals surface area contributed by atoms with Crippen LogP contribution in [0.2, 0.25) is 0 Å². The summed E-state index contributed by atoms with van der Waals surface area (Å²) in [4.78, 5) is 23.3. The molecule has 0 bridgehead atoms. The van der Waals surface area contributed by atoms with E-state index in [1.54, 1.807) is 24.3 Å². The van der Waals surface area contributed by atoms with E-state index in [9.17, 15) is 18.0 Å². The maximum Gasteiger partial charge on any atom is 0.250 e. The summed E-state index contributed by atoms with van der Waals surface area (Å²) in [6.45, 7) is 0. The number of carbonyl (C=O) groups excluding carboxylic acids is 2. The van der Waals surface area contributed by atoms with Crippen LogP contribution < -0.4 is 11.1 Å². The lowest BCUT2D eigenvalue weighted by molar-refractivity contribution is -0.117. The molecule has 2 rings (SSSR count). The predicted octanol–water partition coefficient (Wildman–Crippen LogP) is 0.939. The number of nitrogens with one attached hydrogen (secondary N) is 1. The van der Waals surface area contributed by atoms with Gasteiger partial charge in [-0.15, -0.1) is 0 Å². The van der Waals surface area contributed by atoms with Crippen LogP contribution in [-0.4, -0.2) is 31.7 Å². The average molecular weight is 310 g/mol. The van der Waals surface area contributed by atoms with Crippen molar-refractivity contribution in [2.75, 3.05) is 16.8 Å². The number of amides is 2. The molecule has 1 fully saturated rings. The van der Waals surface area contributed by atoms with E-state index in [0.717, 1.165) is 0 Å². The maximum absolute atomic E-state index is 12.0. The van der Waals surface area contributed by atoms with Crippen molar-refractivity contribution >= 4 is 27.3 Å². The standard InChI is InChI=1S/C14H18N2O4S/c15-14(18)11-3-1-2-4-12(11)16-13(17)9-10-5-7-21(19,20)8-6-10/h1-4,10H,5-9H2,(H2,15,18)(H,16,17). The molecule has 21 heavy (non-hydrogen) atoms. The number of primary amides is 1. The second-order valence-electron chi connectivity index (χ2n) is 5.26. The van der Waals surface area contributed by atoms with E-state index in [1.807, 2.05) is 0 Å². The number of hydrogen-bond acceptors (Lipinski definition) is 4. The van der Waals surface area contributed by atoms with E-state index < -0.39 is 15.7 Å². The van der Waals surface area contributed by atoms with Crippen LogP contribution in [0.15, 0.2) is 24.3 Å². The number of para-hydroxylation sites is 1. The molecule has 1 aliphatic heterocycles. The summed E-state index contributed by atoms with van der Waals surface area (Å²) < 4.78 is 22.7. The van der Waals surface area contributed by atoms with E-state index >= 15 is 0 Å². The second-order valence-corrected chi connectivity index (χ2v) is 7.56. The van der Waals surface area contributed by atoms with Crippen LogP contribution >= 0.6 is 0 Å². The molecule has 0 unspecified atom stereocenters. The molecule has 1 saturated heterocycles. The van der Waals surface area contributed by atoms with Crippen LogP contribution in [0.3, 0.4) is 0 Å². The molecule has 7 heteroatoms. The fourth-order valence-electron chi connectivity index (χ4n) is 2.41. The fourth-order valence-corrected chi connectivity index (χ4v) is 4.00. The minimum Gasteiger partial charge on any atom is -0.366 e. The topological polar surface area (TPSA) is 106 Å². The maximum atomic E-state index is 12.0. The quantitative estimate of drug-likeness (QED) is 0.863. The molecule has 1 aromatic rings. The van der Waals surface area contributed by atoms with Gasteiger partial charge in [-0.05, 0) is 30.9 Å². The van der Waals surface area contributed by atoms with E-state index in [0.29, 0.717) is 18.5 Å². The van der Waals surface area contributed by atoms with E-state index in [2.05, 4.69) is 5.32 Å². The summed E-state index contributed by atoms with van der Waals surface area (Å²) in [5.74, 6) is -0.483. The van der Waals surface area contributed by atoms with Crippen LogP contribution in [0.4, 0.5) is 5.69 Å². The highest BCUT2D eigenvalue weighted by Gasteiger charge is 2.25. The Hall–Kier alpha value is -1.89. The van der Waals surface area contributed by atoms with Crippen molar-refractivity contribution in [1.82, 2.24) is 0 Å². The molecule has 0 aliphatic carbocycles. The second kappa shape index (κ2) is 6.26. The fraction of sp³-hybridized carbons (Fsp3) is 0.429. The Morgan fingerprint density at radius 2 is 1.81 bits per heavy atom. The number of nitrogens with two attached hydrogens (primary N) is 1. The van der Waals surface area contributed by atoms with Gasteiger partial charge in [-0.3, -0.25) is 9.59 Å². The largest absolute Gasteiger partial charge is 0.366 e. The third-order valence-corrected chi connectivity index (χ3v) is 5.33. The molecule has 1 aromatic carbocycles. The first kappa shape index (κ1) is 15.5. The highest BCUT2D eigenvalue weighted by molar-refractivity contribution is 7.91. The van der Waals surface area contributed by atoms with Crippen molar-refractivity contribution in [2.24, 2.45) is 11.7 Å². The van der Waals surface area contributed by atoms with Gasteiger partial charge in [-0.2, -0.15) is 0 Å². The number of rotatable bonds is 4. The summed E-state index contributed by atoms with van der Waals surface area (Å²) in [5, 5.41) is 2.67. The Kier molecular flexibility index (Phi) is 4.62. The van der Waals surface area contributed by atoms with Crippen LogP contribution in [-0.2, 0) is 14.6 Å². The Balaban J connectivity index is 1.95. The zero-order valence-corrected chi connectivity index (χ0v) is 12.4. The molecule has 0 spiro atoms. The SMILES string of the molecule is NC(=O)c1ccccc1NC(=O)CC1CCS(=O)(=O)CC1. The Labute approximate surface area is 123 Å². The van der Waals surface area contributed by atoms with E-state index in [-0.39, 0.29) is 35.3 Å². The molecule has 3 N–H and O–H groups in total. The lowest BCUT2D eigenvalue weighted by atomic mass is 9.98. The Morgan fingerprint density at radius 3 is 2.43 bits per heavy atom. The highest BCUT2D eigenvalue weighted by Crippen LogP contribution is 2.23. The van der Waals surface area contributed by atoms with Gasteiger partial charge in [0, 0.05) is 6.42 Å². The first-order valence-corrected chi connectivity index (χ1v) is 8.58. The van der Waals surface area contributed by atoms with Gasteiger partial charge in [0.1, 0.15) is 9.84 Å². The van der Waals surface area contributed by atoms with Crippen LogP contribution in [0.25, 0.3) is 0 Å². The number of sulfone groups is 1. The summed E-state index contributed by atoms with van der Waals surface area (Å²) in [6, 6.07) is 6.53. The molecule has 2 amide bonds. The molecule has 6 nitrogen and oxygen atoms in total. The van der Waals surface area contributed by atoms with Gasteiger partial charge >= 0.3 is 0 Å². The van der Waals surface area contributed by atoms with Crippen molar-refractivity contribution in [2.45, 2.75) is 19.3 Å². The number of anilines is 1. The van der Waals surface area contributed by atoms with Crippen molar-refractivity contribution in [3.05, 3.63) is 29.8 Å². The Bertz CT molecular complexity index is 641. The van der Waals surface area contributed by atoms with E-state index in [1.165, 1.54) is 0 Å². The summed E-state index contributed by atoms with van der Waals surface area (Å²) in [7, 11) is -2.92. The van der Waals surface area contributed by atoms with Gasteiger partial charge in [0.25, 0.3) is 5.91 Å². The minimum atomic E-state index is -2.92.